The summed E-state index contributed by atoms with van der Waals surface area (Å²) in [7, 11) is 3.28. The van der Waals surface area contributed by atoms with E-state index in [0.717, 1.165) is 71.0 Å². The molecule has 0 radical (unpaired) electrons. The number of pyridine rings is 1. The number of nitrogens with two attached hydrogens (primary N) is 1. The third kappa shape index (κ3) is 9.66. The number of fused-ring (bicyclic) bond motifs is 1. The number of rotatable bonds is 5. The van der Waals surface area contributed by atoms with Crippen LogP contribution in [0.2, 0.25) is 0 Å². The van der Waals surface area contributed by atoms with E-state index in [1.165, 1.54) is 34.4 Å². The Labute approximate surface area is 259 Å². The summed E-state index contributed by atoms with van der Waals surface area (Å²) in [6.07, 6.45) is 18.6. The summed E-state index contributed by atoms with van der Waals surface area (Å²) in [5.74, 6) is -0.349. The highest BCUT2D eigenvalue weighted by Crippen LogP contribution is 2.26. The van der Waals surface area contributed by atoms with Gasteiger partial charge >= 0.3 is 0 Å². The number of hydrogen-bond acceptors (Lipinski definition) is 6. The molecule has 11 heteroatoms. The average Bonchev–Trinajstić information content (AvgIpc) is 3.70. The van der Waals surface area contributed by atoms with Crippen molar-refractivity contribution in [3.8, 4) is 12.8 Å². The Balaban J connectivity index is 0.000000251. The summed E-state index contributed by atoms with van der Waals surface area (Å²) < 4.78 is 0. The zero-order valence-corrected chi connectivity index (χ0v) is 25.8. The van der Waals surface area contributed by atoms with Crippen molar-refractivity contribution in [1.29, 1.82) is 0 Å². The molecule has 1 aliphatic carbocycles. The Kier molecular flexibility index (Phi) is 12.9. The number of terminal acetylenes is 1. The van der Waals surface area contributed by atoms with Crippen LogP contribution in [0.3, 0.4) is 0 Å². The van der Waals surface area contributed by atoms with Gasteiger partial charge in [0.1, 0.15) is 5.69 Å². The van der Waals surface area contributed by atoms with Crippen LogP contribution in [-0.2, 0) is 22.4 Å². The van der Waals surface area contributed by atoms with Gasteiger partial charge in [0.25, 0.3) is 11.8 Å². The van der Waals surface area contributed by atoms with Crippen LogP contribution in [0.15, 0.2) is 41.5 Å². The van der Waals surface area contributed by atoms with E-state index in [1.807, 2.05) is 17.0 Å². The van der Waals surface area contributed by atoms with E-state index in [9.17, 15) is 19.2 Å². The van der Waals surface area contributed by atoms with Gasteiger partial charge in [-0.1, -0.05) is 12.5 Å². The zero-order valence-electron chi connectivity index (χ0n) is 25.8. The maximum absolute atomic E-state index is 12.2. The lowest BCUT2D eigenvalue weighted by atomic mass is 10.1. The fourth-order valence-corrected chi connectivity index (χ4v) is 5.30. The molecule has 0 bridgehead atoms. The van der Waals surface area contributed by atoms with E-state index in [0.29, 0.717) is 24.2 Å². The Morgan fingerprint density at radius 3 is 2.32 bits per heavy atom. The lowest BCUT2D eigenvalue weighted by Gasteiger charge is -2.23. The van der Waals surface area contributed by atoms with E-state index in [1.54, 1.807) is 19.0 Å². The molecule has 0 spiro atoms. The molecule has 4 amide bonds. The van der Waals surface area contributed by atoms with Gasteiger partial charge in [0.15, 0.2) is 0 Å². The van der Waals surface area contributed by atoms with Crippen molar-refractivity contribution in [3.63, 3.8) is 0 Å². The van der Waals surface area contributed by atoms with Crippen molar-refractivity contribution in [3.05, 3.63) is 58.9 Å². The first-order valence-electron chi connectivity index (χ1n) is 15.0. The molecule has 44 heavy (non-hydrogen) atoms. The molecule has 2 aromatic rings. The molecule has 1 aromatic heterocycles. The fraction of sp³-hybridized carbons (Fsp3) is 0.455. The monoisotopic (exact) mass is 601 g/mol. The summed E-state index contributed by atoms with van der Waals surface area (Å²) >= 11 is 0. The first-order valence-corrected chi connectivity index (χ1v) is 15.0. The van der Waals surface area contributed by atoms with Crippen LogP contribution in [0, 0.1) is 12.8 Å². The molecule has 234 valence electrons. The highest BCUT2D eigenvalue weighted by molar-refractivity contribution is 6.06. The van der Waals surface area contributed by atoms with Crippen molar-refractivity contribution in [1.82, 2.24) is 25.0 Å². The van der Waals surface area contributed by atoms with Crippen molar-refractivity contribution < 1.29 is 19.2 Å². The maximum atomic E-state index is 12.2. The molecule has 2 fully saturated rings. The number of carbonyl (C=O) groups excluding carboxylic acids is 4. The normalized spacial score (nSPS) is 16.0. The SMILES string of the molecule is C#C.CN(C)C(=O)c1ccc(C(=O)NC(N)=Nc2ccc3c(c2)CCC3)cn1.O=C(CN1CCCCCC1=O)N1CCCC1. The number of aromatic nitrogens is 1. The summed E-state index contributed by atoms with van der Waals surface area (Å²) in [5, 5.41) is 2.54. The summed E-state index contributed by atoms with van der Waals surface area (Å²) in [6, 6.07) is 8.99. The van der Waals surface area contributed by atoms with E-state index < -0.39 is 5.91 Å². The lowest BCUT2D eigenvalue weighted by Crippen LogP contribution is -2.41. The predicted octanol–water partition coefficient (Wildman–Crippen LogP) is 2.91. The minimum Gasteiger partial charge on any atom is -0.369 e. The number of aliphatic imine (C=N–C) groups is 1. The van der Waals surface area contributed by atoms with Crippen molar-refractivity contribution >= 4 is 35.3 Å². The van der Waals surface area contributed by atoms with Crippen LogP contribution in [0.5, 0.6) is 0 Å². The van der Waals surface area contributed by atoms with Crippen molar-refractivity contribution in [2.75, 3.05) is 40.3 Å². The minimum atomic E-state index is -0.427. The van der Waals surface area contributed by atoms with E-state index in [2.05, 4.69) is 34.2 Å². The van der Waals surface area contributed by atoms with Gasteiger partial charge in [-0.3, -0.25) is 29.5 Å². The minimum absolute atomic E-state index is 0.0152. The van der Waals surface area contributed by atoms with E-state index in [4.69, 9.17) is 5.73 Å². The molecule has 1 aromatic carbocycles. The van der Waals surface area contributed by atoms with Gasteiger partial charge in [0.2, 0.25) is 17.8 Å². The standard InChI is InChI=1S/C19H21N5O2.C12H20N2O2.C2H2/c1-24(2)18(26)16-9-7-14(11-21-16)17(25)23-19(20)22-15-8-6-12-4-3-5-13(12)10-15;15-11-6-2-1-3-9-14(11)10-12(16)13-7-4-5-8-13;1-2/h6-11H,3-5H2,1-2H3,(H3,20,22,23,25);1-10H2;1-2H. The molecule has 5 rings (SSSR count). The number of likely N-dealkylation sites (tertiary alicyclic amines) is 2. The molecule has 0 saturated carbocycles. The highest BCUT2D eigenvalue weighted by atomic mass is 16.2. The van der Waals surface area contributed by atoms with Crippen molar-refractivity contribution in [2.45, 2.75) is 57.8 Å². The molecular weight excluding hydrogens is 558 g/mol. The number of nitrogens with one attached hydrogen (secondary N) is 1. The van der Waals surface area contributed by atoms with Gasteiger partial charge in [0, 0.05) is 46.3 Å². The Morgan fingerprint density at radius 1 is 0.932 bits per heavy atom. The molecule has 3 heterocycles. The Bertz CT molecular complexity index is 1360. The van der Waals surface area contributed by atoms with Gasteiger partial charge < -0.3 is 20.4 Å². The number of nitrogens with zero attached hydrogens (tertiary/aromatic N) is 5. The lowest BCUT2D eigenvalue weighted by molar-refractivity contribution is -0.139. The first-order chi connectivity index (χ1) is 21.2. The molecule has 2 aliphatic heterocycles. The topological polar surface area (TPSA) is 141 Å². The molecule has 3 aliphatic rings. The van der Waals surface area contributed by atoms with Gasteiger partial charge in [-0.2, -0.15) is 0 Å². The van der Waals surface area contributed by atoms with Crippen LogP contribution in [0.1, 0.15) is 76.9 Å². The maximum Gasteiger partial charge on any atom is 0.271 e. The second-order valence-electron chi connectivity index (χ2n) is 11.1. The number of guanidine groups is 1. The number of carbonyl (C=O) groups is 4. The third-order valence-corrected chi connectivity index (χ3v) is 7.68. The second-order valence-corrected chi connectivity index (χ2v) is 11.1. The van der Waals surface area contributed by atoms with E-state index >= 15 is 0 Å². The van der Waals surface area contributed by atoms with Crippen molar-refractivity contribution in [2.24, 2.45) is 10.7 Å². The zero-order chi connectivity index (χ0) is 32.1. The molecule has 11 nitrogen and oxygen atoms in total. The predicted molar refractivity (Wildman–Crippen MR) is 170 cm³/mol. The van der Waals surface area contributed by atoms with Crippen LogP contribution in [-0.4, -0.2) is 89.5 Å². The largest absolute Gasteiger partial charge is 0.369 e. The van der Waals surface area contributed by atoms with Gasteiger partial charge in [-0.25, -0.2) is 4.99 Å². The van der Waals surface area contributed by atoms with Crippen LogP contribution in [0.25, 0.3) is 0 Å². The molecule has 2 saturated heterocycles. The molecule has 0 atom stereocenters. The Morgan fingerprint density at radius 2 is 1.64 bits per heavy atom. The molecular formula is C33H43N7O4. The average molecular weight is 602 g/mol. The van der Waals surface area contributed by atoms with Crippen LogP contribution >= 0.6 is 0 Å². The number of aryl methyl sites for hydroxylation is 2. The van der Waals surface area contributed by atoms with Gasteiger partial charge in [0.05, 0.1) is 17.8 Å². The van der Waals surface area contributed by atoms with Gasteiger partial charge in [-0.15, -0.1) is 12.8 Å². The molecule has 0 unspecified atom stereocenters. The quantitative estimate of drug-likeness (QED) is 0.307. The third-order valence-electron chi connectivity index (χ3n) is 7.68. The number of benzene rings is 1. The Hall–Kier alpha value is -4.72. The second kappa shape index (κ2) is 16.8. The van der Waals surface area contributed by atoms with Gasteiger partial charge in [-0.05, 0) is 80.3 Å². The van der Waals surface area contributed by atoms with Crippen LogP contribution in [0.4, 0.5) is 5.69 Å². The summed E-state index contributed by atoms with van der Waals surface area (Å²) in [6.45, 7) is 2.82. The fourth-order valence-electron chi connectivity index (χ4n) is 5.30. The summed E-state index contributed by atoms with van der Waals surface area (Å²) in [5.41, 5.74) is 9.77. The van der Waals surface area contributed by atoms with E-state index in [-0.39, 0.29) is 29.4 Å². The van der Waals surface area contributed by atoms with Crippen LogP contribution < -0.4 is 11.1 Å². The number of amides is 4. The molecule has 3 N–H and O–H groups in total. The first kappa shape index (κ1) is 33.8. The highest BCUT2D eigenvalue weighted by Gasteiger charge is 2.24. The number of hydrogen-bond donors (Lipinski definition) is 2. The smallest absolute Gasteiger partial charge is 0.271 e. The summed E-state index contributed by atoms with van der Waals surface area (Å²) in [4.78, 5) is 61.0.